The molecule has 0 saturated heterocycles. The standard InChI is InChI=1S/C20H25N5O3S/c1-2-22-20(23-12-14-6-5-7-16(10-14)29(21,27)28)24-13-15-11-19(26)25-18-9-4-3-8-17(15)18/h3-10,15H,2,11-13H2,1H3,(H,25,26)(H2,21,27,28)(H2,22,23,24). The molecule has 1 atom stereocenters. The van der Waals surface area contributed by atoms with Crippen molar-refractivity contribution >= 4 is 27.6 Å². The van der Waals surface area contributed by atoms with Crippen molar-refractivity contribution in [2.45, 2.75) is 30.7 Å². The fourth-order valence-electron chi connectivity index (χ4n) is 3.24. The molecule has 1 heterocycles. The predicted molar refractivity (Wildman–Crippen MR) is 113 cm³/mol. The number of carbonyl (C=O) groups excluding carboxylic acids is 1. The lowest BCUT2D eigenvalue weighted by atomic mass is 9.90. The minimum Gasteiger partial charge on any atom is -0.357 e. The van der Waals surface area contributed by atoms with Crippen LogP contribution in [0.4, 0.5) is 5.69 Å². The number of nitrogens with one attached hydrogen (secondary N) is 3. The summed E-state index contributed by atoms with van der Waals surface area (Å²) < 4.78 is 23.0. The molecule has 1 unspecified atom stereocenters. The van der Waals surface area contributed by atoms with Crippen LogP contribution in [-0.4, -0.2) is 33.4 Å². The lowest BCUT2D eigenvalue weighted by molar-refractivity contribution is -0.116. The largest absolute Gasteiger partial charge is 0.357 e. The highest BCUT2D eigenvalue weighted by Crippen LogP contribution is 2.31. The number of nitrogens with two attached hydrogens (primary N) is 1. The summed E-state index contributed by atoms with van der Waals surface area (Å²) in [5.74, 6) is 0.628. The van der Waals surface area contributed by atoms with Crippen LogP contribution in [0.2, 0.25) is 0 Å². The maximum absolute atomic E-state index is 12.0. The smallest absolute Gasteiger partial charge is 0.238 e. The number of anilines is 1. The molecule has 1 aliphatic rings. The fraction of sp³-hybridized carbons (Fsp3) is 0.300. The number of benzene rings is 2. The minimum absolute atomic E-state index is 0.00255. The number of sulfonamides is 1. The molecule has 1 amide bonds. The third-order valence-electron chi connectivity index (χ3n) is 4.61. The van der Waals surface area contributed by atoms with E-state index in [2.05, 4.69) is 20.9 Å². The number of nitrogens with zero attached hydrogens (tertiary/aromatic N) is 1. The number of carbonyl (C=O) groups is 1. The molecular weight excluding hydrogens is 390 g/mol. The summed E-state index contributed by atoms with van der Waals surface area (Å²) in [5, 5.41) is 14.5. The van der Waals surface area contributed by atoms with E-state index >= 15 is 0 Å². The Bertz CT molecular complexity index is 1020. The van der Waals surface area contributed by atoms with Crippen molar-refractivity contribution in [3.63, 3.8) is 0 Å². The molecule has 0 aliphatic carbocycles. The Hall–Kier alpha value is -2.91. The third-order valence-corrected chi connectivity index (χ3v) is 5.52. The summed E-state index contributed by atoms with van der Waals surface area (Å²) in [6.07, 6.45) is 0.403. The number of hydrogen-bond donors (Lipinski definition) is 4. The molecule has 0 spiro atoms. The molecule has 9 heteroatoms. The van der Waals surface area contributed by atoms with Crippen LogP contribution in [0, 0.1) is 0 Å². The topological polar surface area (TPSA) is 126 Å². The molecule has 5 N–H and O–H groups in total. The van der Waals surface area contributed by atoms with Crippen molar-refractivity contribution in [1.29, 1.82) is 0 Å². The van der Waals surface area contributed by atoms with Crippen molar-refractivity contribution < 1.29 is 13.2 Å². The van der Waals surface area contributed by atoms with E-state index in [0.29, 0.717) is 32.0 Å². The fourth-order valence-corrected chi connectivity index (χ4v) is 3.82. The zero-order chi connectivity index (χ0) is 20.9. The number of hydrogen-bond acceptors (Lipinski definition) is 4. The molecule has 0 saturated carbocycles. The average molecular weight is 416 g/mol. The van der Waals surface area contributed by atoms with Crippen LogP contribution in [0.1, 0.15) is 30.4 Å². The number of guanidine groups is 1. The van der Waals surface area contributed by atoms with Crippen LogP contribution in [0.25, 0.3) is 0 Å². The Morgan fingerprint density at radius 1 is 1.21 bits per heavy atom. The molecule has 2 aromatic rings. The Kier molecular flexibility index (Phi) is 6.50. The van der Waals surface area contributed by atoms with Gasteiger partial charge in [-0.15, -0.1) is 0 Å². The normalized spacial score (nSPS) is 16.7. The summed E-state index contributed by atoms with van der Waals surface area (Å²) in [7, 11) is -3.75. The molecule has 0 bridgehead atoms. The molecule has 0 radical (unpaired) electrons. The Labute approximate surface area is 170 Å². The van der Waals surface area contributed by atoms with Crippen LogP contribution in [0.15, 0.2) is 58.4 Å². The van der Waals surface area contributed by atoms with Gasteiger partial charge in [0.1, 0.15) is 0 Å². The van der Waals surface area contributed by atoms with E-state index in [0.717, 1.165) is 16.8 Å². The molecule has 29 heavy (non-hydrogen) atoms. The summed E-state index contributed by atoms with van der Waals surface area (Å²) >= 11 is 0. The second kappa shape index (κ2) is 9.06. The molecule has 0 fully saturated rings. The van der Waals surface area contributed by atoms with Gasteiger partial charge in [-0.05, 0) is 36.2 Å². The first-order chi connectivity index (χ1) is 13.9. The number of para-hydroxylation sites is 1. The van der Waals surface area contributed by atoms with Crippen molar-refractivity contribution in [3.8, 4) is 0 Å². The van der Waals surface area contributed by atoms with E-state index in [1.54, 1.807) is 12.1 Å². The second-order valence-corrected chi connectivity index (χ2v) is 8.37. The van der Waals surface area contributed by atoms with Gasteiger partial charge >= 0.3 is 0 Å². The Morgan fingerprint density at radius 3 is 2.76 bits per heavy atom. The number of primary sulfonamides is 1. The molecule has 0 aromatic heterocycles. The number of aliphatic imine (C=N–C) groups is 1. The van der Waals surface area contributed by atoms with E-state index in [9.17, 15) is 13.2 Å². The van der Waals surface area contributed by atoms with Crippen LogP contribution in [-0.2, 0) is 21.4 Å². The van der Waals surface area contributed by atoms with Gasteiger partial charge in [-0.3, -0.25) is 4.79 Å². The first-order valence-electron chi connectivity index (χ1n) is 9.39. The molecular formula is C20H25N5O3S. The van der Waals surface area contributed by atoms with Gasteiger partial charge in [-0.25, -0.2) is 18.5 Å². The highest BCUT2D eigenvalue weighted by Gasteiger charge is 2.24. The lowest BCUT2D eigenvalue weighted by Crippen LogP contribution is -2.40. The van der Waals surface area contributed by atoms with Crippen LogP contribution in [0.3, 0.4) is 0 Å². The first-order valence-corrected chi connectivity index (χ1v) is 10.9. The van der Waals surface area contributed by atoms with Gasteiger partial charge in [-0.1, -0.05) is 30.3 Å². The summed E-state index contributed by atoms with van der Waals surface area (Å²) in [4.78, 5) is 16.6. The maximum atomic E-state index is 12.0. The SMILES string of the molecule is CCNC(=NCc1cccc(S(N)(=O)=O)c1)NCC1CC(=O)Nc2ccccc21. The Balaban J connectivity index is 1.70. The predicted octanol–water partition coefficient (Wildman–Crippen LogP) is 1.52. The highest BCUT2D eigenvalue weighted by molar-refractivity contribution is 7.89. The van der Waals surface area contributed by atoms with E-state index < -0.39 is 10.0 Å². The van der Waals surface area contributed by atoms with Gasteiger partial charge in [0.15, 0.2) is 5.96 Å². The molecule has 1 aliphatic heterocycles. The number of fused-ring (bicyclic) bond motifs is 1. The van der Waals surface area contributed by atoms with Gasteiger partial charge in [0, 0.05) is 31.1 Å². The molecule has 3 rings (SSSR count). The van der Waals surface area contributed by atoms with Gasteiger partial charge in [0.05, 0.1) is 11.4 Å². The van der Waals surface area contributed by atoms with Crippen LogP contribution in [0.5, 0.6) is 0 Å². The van der Waals surface area contributed by atoms with Crippen molar-refractivity contribution in [2.75, 3.05) is 18.4 Å². The summed E-state index contributed by atoms with van der Waals surface area (Å²) in [5.41, 5.74) is 2.67. The summed E-state index contributed by atoms with van der Waals surface area (Å²) in [6.45, 7) is 3.47. The van der Waals surface area contributed by atoms with E-state index in [4.69, 9.17) is 5.14 Å². The van der Waals surface area contributed by atoms with Crippen LogP contribution >= 0.6 is 0 Å². The lowest BCUT2D eigenvalue weighted by Gasteiger charge is -2.26. The van der Waals surface area contributed by atoms with Crippen molar-refractivity contribution in [3.05, 3.63) is 59.7 Å². The zero-order valence-corrected chi connectivity index (χ0v) is 17.0. The van der Waals surface area contributed by atoms with Gasteiger partial charge in [-0.2, -0.15) is 0 Å². The van der Waals surface area contributed by atoms with Gasteiger partial charge < -0.3 is 16.0 Å². The van der Waals surface area contributed by atoms with Crippen molar-refractivity contribution in [2.24, 2.45) is 10.1 Å². The van der Waals surface area contributed by atoms with E-state index in [1.165, 1.54) is 12.1 Å². The average Bonchev–Trinajstić information content (AvgIpc) is 2.69. The number of amides is 1. The Morgan fingerprint density at radius 2 is 2.00 bits per heavy atom. The highest BCUT2D eigenvalue weighted by atomic mass is 32.2. The van der Waals surface area contributed by atoms with E-state index in [1.807, 2.05) is 31.2 Å². The molecule has 2 aromatic carbocycles. The minimum atomic E-state index is -3.75. The maximum Gasteiger partial charge on any atom is 0.238 e. The van der Waals surface area contributed by atoms with Gasteiger partial charge in [0.25, 0.3) is 0 Å². The van der Waals surface area contributed by atoms with Gasteiger partial charge in [0.2, 0.25) is 15.9 Å². The molecule has 8 nitrogen and oxygen atoms in total. The first kappa shape index (κ1) is 20.8. The second-order valence-electron chi connectivity index (χ2n) is 6.80. The van der Waals surface area contributed by atoms with Crippen molar-refractivity contribution in [1.82, 2.24) is 10.6 Å². The quantitative estimate of drug-likeness (QED) is 0.420. The summed E-state index contributed by atoms with van der Waals surface area (Å²) in [6, 6.07) is 14.2. The van der Waals surface area contributed by atoms with Crippen LogP contribution < -0.4 is 21.1 Å². The number of rotatable bonds is 6. The third kappa shape index (κ3) is 5.55. The monoisotopic (exact) mass is 415 g/mol. The van der Waals surface area contributed by atoms with E-state index in [-0.39, 0.29) is 16.7 Å². The zero-order valence-electron chi connectivity index (χ0n) is 16.2. The molecule has 154 valence electrons.